The van der Waals surface area contributed by atoms with Gasteiger partial charge in [0.15, 0.2) is 0 Å². The van der Waals surface area contributed by atoms with Crippen LogP contribution < -0.4 is 5.32 Å². The molecule has 1 atom stereocenters. The predicted octanol–water partition coefficient (Wildman–Crippen LogP) is 3.36. The second-order valence-corrected chi connectivity index (χ2v) is 5.66. The molecule has 1 aromatic heterocycles. The van der Waals surface area contributed by atoms with E-state index in [-0.39, 0.29) is 11.9 Å². The third-order valence-corrected chi connectivity index (χ3v) is 3.86. The van der Waals surface area contributed by atoms with Gasteiger partial charge in [-0.2, -0.15) is 0 Å². The molecule has 2 rings (SSSR count). The lowest BCUT2D eigenvalue weighted by Crippen LogP contribution is -2.28. The van der Waals surface area contributed by atoms with E-state index in [0.29, 0.717) is 5.75 Å². The Bertz CT molecular complexity index is 554. The van der Waals surface area contributed by atoms with Crippen molar-refractivity contribution in [3.8, 4) is 0 Å². The smallest absolute Gasteiger partial charge is 0.230 e. The summed E-state index contributed by atoms with van der Waals surface area (Å²) in [6.45, 7) is 3.98. The molecular weight excluding hydrogens is 268 g/mol. The molecule has 0 saturated carbocycles. The van der Waals surface area contributed by atoms with Crippen LogP contribution in [0.5, 0.6) is 0 Å². The van der Waals surface area contributed by atoms with Gasteiger partial charge in [-0.25, -0.2) is 4.98 Å². The second-order valence-electron chi connectivity index (χ2n) is 4.66. The van der Waals surface area contributed by atoms with E-state index in [9.17, 15) is 4.79 Å². The molecule has 1 unspecified atom stereocenters. The van der Waals surface area contributed by atoms with Crippen molar-refractivity contribution in [3.05, 3.63) is 59.8 Å². The van der Waals surface area contributed by atoms with Crippen LogP contribution >= 0.6 is 11.8 Å². The minimum atomic E-state index is 0.0220. The lowest BCUT2D eigenvalue weighted by molar-refractivity contribution is -0.119. The maximum Gasteiger partial charge on any atom is 0.230 e. The summed E-state index contributed by atoms with van der Waals surface area (Å²) in [6, 6.07) is 13.9. The van der Waals surface area contributed by atoms with Crippen molar-refractivity contribution in [2.24, 2.45) is 0 Å². The molecule has 4 heteroatoms. The van der Waals surface area contributed by atoms with E-state index in [1.54, 1.807) is 0 Å². The highest BCUT2D eigenvalue weighted by Crippen LogP contribution is 2.16. The number of nitrogens with zero attached hydrogens (tertiary/aromatic N) is 1. The first-order valence-electron chi connectivity index (χ1n) is 6.55. The molecule has 0 saturated heterocycles. The van der Waals surface area contributed by atoms with E-state index in [1.807, 2.05) is 62.5 Å². The lowest BCUT2D eigenvalue weighted by atomic mass is 10.1. The molecule has 1 aromatic carbocycles. The molecule has 0 fully saturated rings. The van der Waals surface area contributed by atoms with Gasteiger partial charge in [-0.05, 0) is 31.0 Å². The number of benzene rings is 1. The van der Waals surface area contributed by atoms with Crippen LogP contribution in [0.2, 0.25) is 0 Å². The minimum Gasteiger partial charge on any atom is -0.349 e. The number of carbonyl (C=O) groups is 1. The first-order chi connectivity index (χ1) is 9.65. The third kappa shape index (κ3) is 4.38. The molecule has 1 amide bonds. The van der Waals surface area contributed by atoms with Gasteiger partial charge in [0.1, 0.15) is 0 Å². The maximum absolute atomic E-state index is 11.9. The fraction of sp³-hybridized carbons (Fsp3) is 0.250. The standard InChI is InChI=1S/C16H18N2OS/c1-12-8-9-16(17-10-12)20-11-15(19)18-13(2)14-6-4-3-5-7-14/h3-10,13H,11H2,1-2H3,(H,18,19). The Morgan fingerprint density at radius 1 is 1.25 bits per heavy atom. The van der Waals surface area contributed by atoms with Crippen LogP contribution in [0.4, 0.5) is 0 Å². The Balaban J connectivity index is 1.82. The first-order valence-corrected chi connectivity index (χ1v) is 7.53. The SMILES string of the molecule is Cc1ccc(SCC(=O)NC(C)c2ccccc2)nc1. The molecule has 0 aliphatic carbocycles. The fourth-order valence-corrected chi connectivity index (χ4v) is 2.44. The van der Waals surface area contributed by atoms with Crippen LogP contribution in [0.3, 0.4) is 0 Å². The monoisotopic (exact) mass is 286 g/mol. The van der Waals surface area contributed by atoms with E-state index < -0.39 is 0 Å². The van der Waals surface area contributed by atoms with E-state index in [2.05, 4.69) is 10.3 Å². The normalized spacial score (nSPS) is 11.9. The largest absolute Gasteiger partial charge is 0.349 e. The molecule has 3 nitrogen and oxygen atoms in total. The molecular formula is C16H18N2OS. The Morgan fingerprint density at radius 3 is 2.65 bits per heavy atom. The van der Waals surface area contributed by atoms with Crippen LogP contribution in [0, 0.1) is 6.92 Å². The first kappa shape index (κ1) is 14.6. The van der Waals surface area contributed by atoms with Crippen molar-refractivity contribution in [1.82, 2.24) is 10.3 Å². The number of carbonyl (C=O) groups excluding carboxylic acids is 1. The highest BCUT2D eigenvalue weighted by molar-refractivity contribution is 7.99. The van der Waals surface area contributed by atoms with E-state index in [4.69, 9.17) is 0 Å². The highest BCUT2D eigenvalue weighted by Gasteiger charge is 2.09. The molecule has 0 spiro atoms. The van der Waals surface area contributed by atoms with Crippen molar-refractivity contribution in [2.45, 2.75) is 24.9 Å². The Hall–Kier alpha value is -1.81. The van der Waals surface area contributed by atoms with Gasteiger partial charge in [0.05, 0.1) is 16.8 Å². The number of pyridine rings is 1. The van der Waals surface area contributed by atoms with Crippen molar-refractivity contribution < 1.29 is 4.79 Å². The fourth-order valence-electron chi connectivity index (χ4n) is 1.79. The maximum atomic E-state index is 11.9. The van der Waals surface area contributed by atoms with Gasteiger partial charge in [0.25, 0.3) is 0 Å². The Kier molecular flexibility index (Phi) is 5.18. The van der Waals surface area contributed by atoms with Crippen molar-refractivity contribution in [3.63, 3.8) is 0 Å². The number of rotatable bonds is 5. The Labute approximate surface area is 123 Å². The molecule has 1 N–H and O–H groups in total. The summed E-state index contributed by atoms with van der Waals surface area (Å²) < 4.78 is 0. The van der Waals surface area contributed by atoms with Gasteiger partial charge < -0.3 is 5.32 Å². The van der Waals surface area contributed by atoms with Gasteiger partial charge >= 0.3 is 0 Å². The zero-order valence-corrected chi connectivity index (χ0v) is 12.5. The number of amides is 1. The molecule has 0 bridgehead atoms. The van der Waals surface area contributed by atoms with Crippen LogP contribution in [-0.2, 0) is 4.79 Å². The second kappa shape index (κ2) is 7.10. The van der Waals surface area contributed by atoms with Crippen molar-refractivity contribution in [2.75, 3.05) is 5.75 Å². The van der Waals surface area contributed by atoms with Gasteiger partial charge in [0, 0.05) is 6.20 Å². The molecule has 1 heterocycles. The summed E-state index contributed by atoms with van der Waals surface area (Å²) in [5, 5.41) is 3.86. The van der Waals surface area contributed by atoms with Gasteiger partial charge in [-0.1, -0.05) is 48.2 Å². The topological polar surface area (TPSA) is 42.0 Å². The average molecular weight is 286 g/mol. The van der Waals surface area contributed by atoms with Gasteiger partial charge in [-0.3, -0.25) is 4.79 Å². The molecule has 20 heavy (non-hydrogen) atoms. The van der Waals surface area contributed by atoms with Crippen LogP contribution in [0.25, 0.3) is 0 Å². The van der Waals surface area contributed by atoms with Crippen LogP contribution in [0.1, 0.15) is 24.1 Å². The minimum absolute atomic E-state index is 0.0220. The molecule has 104 valence electrons. The predicted molar refractivity (Wildman–Crippen MR) is 82.7 cm³/mol. The van der Waals surface area contributed by atoms with Crippen LogP contribution in [-0.4, -0.2) is 16.6 Å². The van der Waals surface area contributed by atoms with Gasteiger partial charge in [-0.15, -0.1) is 0 Å². The molecule has 0 aliphatic heterocycles. The zero-order chi connectivity index (χ0) is 14.4. The van der Waals surface area contributed by atoms with Gasteiger partial charge in [0.2, 0.25) is 5.91 Å². The number of aromatic nitrogens is 1. The number of aryl methyl sites for hydroxylation is 1. The summed E-state index contributed by atoms with van der Waals surface area (Å²) in [5.74, 6) is 0.404. The number of hydrogen-bond donors (Lipinski definition) is 1. The summed E-state index contributed by atoms with van der Waals surface area (Å²) in [4.78, 5) is 16.2. The Morgan fingerprint density at radius 2 is 2.00 bits per heavy atom. The number of nitrogens with one attached hydrogen (secondary N) is 1. The third-order valence-electron chi connectivity index (χ3n) is 2.91. The van der Waals surface area contributed by atoms with Crippen molar-refractivity contribution >= 4 is 17.7 Å². The van der Waals surface area contributed by atoms with E-state index in [0.717, 1.165) is 16.2 Å². The summed E-state index contributed by atoms with van der Waals surface area (Å²) in [6.07, 6.45) is 1.81. The summed E-state index contributed by atoms with van der Waals surface area (Å²) in [5.41, 5.74) is 2.23. The molecule has 0 aliphatic rings. The molecule has 2 aromatic rings. The lowest BCUT2D eigenvalue weighted by Gasteiger charge is -2.13. The highest BCUT2D eigenvalue weighted by atomic mass is 32.2. The quantitative estimate of drug-likeness (QED) is 0.857. The number of hydrogen-bond acceptors (Lipinski definition) is 3. The van der Waals surface area contributed by atoms with Crippen molar-refractivity contribution in [1.29, 1.82) is 0 Å². The van der Waals surface area contributed by atoms with Crippen LogP contribution in [0.15, 0.2) is 53.7 Å². The summed E-state index contributed by atoms with van der Waals surface area (Å²) in [7, 11) is 0. The number of thioether (sulfide) groups is 1. The van der Waals surface area contributed by atoms with E-state index in [1.165, 1.54) is 11.8 Å². The zero-order valence-electron chi connectivity index (χ0n) is 11.7. The van der Waals surface area contributed by atoms with E-state index >= 15 is 0 Å². The molecule has 0 radical (unpaired) electrons. The summed E-state index contributed by atoms with van der Waals surface area (Å²) >= 11 is 1.45. The average Bonchev–Trinajstić information content (AvgIpc) is 2.47.